The third kappa shape index (κ3) is 3.50. The number of nitrogens with two attached hydrogens (primary N) is 1. The molecule has 2 rings (SSSR count). The van der Waals surface area contributed by atoms with Crippen molar-refractivity contribution in [2.75, 3.05) is 10.2 Å². The molecule has 21 heavy (non-hydrogen) atoms. The zero-order valence-electron chi connectivity index (χ0n) is 10.7. The van der Waals surface area contributed by atoms with E-state index >= 15 is 0 Å². The second-order valence-electron chi connectivity index (χ2n) is 4.04. The molecule has 3 N–H and O–H groups in total. The Morgan fingerprint density at radius 1 is 0.952 bits per heavy atom. The lowest BCUT2D eigenvalue weighted by molar-refractivity contribution is 0.587. The van der Waals surface area contributed by atoms with Crippen molar-refractivity contribution in [3.8, 4) is 0 Å². The molecule has 0 bridgehead atoms. The maximum absolute atomic E-state index is 13.9. The Labute approximate surface area is 131 Å². The molecule has 0 heterocycles. The van der Waals surface area contributed by atoms with Crippen LogP contribution in [0.15, 0.2) is 48.5 Å². The summed E-state index contributed by atoms with van der Waals surface area (Å²) in [5.74, 6) is -1.61. The van der Waals surface area contributed by atoms with E-state index in [9.17, 15) is 8.78 Å². The smallest absolute Gasteiger partial charge is 0.184 e. The Hall–Kier alpha value is -2.12. The van der Waals surface area contributed by atoms with Crippen molar-refractivity contribution in [2.45, 2.75) is 0 Å². The first-order valence-corrected chi connectivity index (χ1v) is 6.72. The minimum Gasteiger partial charge on any atom is -0.376 e. The molecule has 7 heteroatoms. The Morgan fingerprint density at radius 3 is 2.05 bits per heavy atom. The van der Waals surface area contributed by atoms with Gasteiger partial charge in [0.1, 0.15) is 17.3 Å². The van der Waals surface area contributed by atoms with Gasteiger partial charge in [0.2, 0.25) is 0 Å². The first kappa shape index (κ1) is 15.3. The molecular formula is C14H11F2N3S2. The molecule has 0 aliphatic rings. The van der Waals surface area contributed by atoms with Crippen LogP contribution in [0.1, 0.15) is 0 Å². The fourth-order valence-electron chi connectivity index (χ4n) is 1.72. The highest BCUT2D eigenvalue weighted by atomic mass is 32.1. The predicted molar refractivity (Wildman–Crippen MR) is 88.3 cm³/mol. The van der Waals surface area contributed by atoms with Crippen LogP contribution in [0.4, 0.5) is 20.2 Å². The fraction of sp³-hybridized carbons (Fsp3) is 0. The molecular weight excluding hydrogens is 312 g/mol. The second kappa shape index (κ2) is 6.55. The number of rotatable bonds is 2. The van der Waals surface area contributed by atoms with Crippen molar-refractivity contribution >= 4 is 46.0 Å². The van der Waals surface area contributed by atoms with E-state index in [0.717, 1.165) is 17.0 Å². The van der Waals surface area contributed by atoms with E-state index in [4.69, 9.17) is 30.2 Å². The summed E-state index contributed by atoms with van der Waals surface area (Å²) in [5.41, 5.74) is 5.81. The van der Waals surface area contributed by atoms with Crippen molar-refractivity contribution in [3.63, 3.8) is 0 Å². The number of hydrogen-bond acceptors (Lipinski definition) is 2. The van der Waals surface area contributed by atoms with Crippen molar-refractivity contribution in [2.24, 2.45) is 5.73 Å². The van der Waals surface area contributed by atoms with Gasteiger partial charge >= 0.3 is 0 Å². The van der Waals surface area contributed by atoms with E-state index in [1.807, 2.05) is 6.07 Å². The molecule has 0 saturated carbocycles. The van der Waals surface area contributed by atoms with Crippen LogP contribution >= 0.6 is 24.4 Å². The molecule has 0 unspecified atom stereocenters. The average Bonchev–Trinajstić information content (AvgIpc) is 2.43. The van der Waals surface area contributed by atoms with Gasteiger partial charge in [-0.3, -0.25) is 4.90 Å². The summed E-state index contributed by atoms with van der Waals surface area (Å²) in [6, 6.07) is 12.4. The summed E-state index contributed by atoms with van der Waals surface area (Å²) in [4.78, 5) is 0.947. The number of nitrogens with one attached hydrogen (secondary N) is 1. The maximum Gasteiger partial charge on any atom is 0.184 e. The minimum atomic E-state index is -0.806. The highest BCUT2D eigenvalue weighted by molar-refractivity contribution is 7.82. The van der Waals surface area contributed by atoms with E-state index < -0.39 is 17.3 Å². The average molecular weight is 323 g/mol. The van der Waals surface area contributed by atoms with E-state index in [1.165, 1.54) is 6.07 Å². The van der Waals surface area contributed by atoms with Crippen LogP contribution in [0.3, 0.4) is 0 Å². The summed E-state index contributed by atoms with van der Waals surface area (Å²) >= 11 is 10.0. The SMILES string of the molecule is NC(=S)N(C(=S)Nc1ccccc1)c1c(F)cccc1F. The van der Waals surface area contributed by atoms with Crippen LogP contribution in [-0.2, 0) is 0 Å². The number of anilines is 2. The highest BCUT2D eigenvalue weighted by Crippen LogP contribution is 2.24. The van der Waals surface area contributed by atoms with Crippen LogP contribution in [0.25, 0.3) is 0 Å². The number of para-hydroxylation sites is 2. The maximum atomic E-state index is 13.9. The third-order valence-corrected chi connectivity index (χ3v) is 3.08. The Kier molecular flexibility index (Phi) is 4.77. The lowest BCUT2D eigenvalue weighted by atomic mass is 10.2. The molecule has 0 amide bonds. The zero-order chi connectivity index (χ0) is 15.4. The monoisotopic (exact) mass is 323 g/mol. The van der Waals surface area contributed by atoms with E-state index in [2.05, 4.69) is 5.32 Å². The van der Waals surface area contributed by atoms with Gasteiger partial charge in [0.25, 0.3) is 0 Å². The zero-order valence-corrected chi connectivity index (χ0v) is 12.3. The number of halogens is 2. The summed E-state index contributed by atoms with van der Waals surface area (Å²) < 4.78 is 27.8. The normalized spacial score (nSPS) is 10.0. The first-order valence-electron chi connectivity index (χ1n) is 5.90. The van der Waals surface area contributed by atoms with Gasteiger partial charge in [-0.1, -0.05) is 24.3 Å². The van der Waals surface area contributed by atoms with Crippen molar-refractivity contribution in [1.29, 1.82) is 0 Å². The molecule has 0 radical (unpaired) electrons. The van der Waals surface area contributed by atoms with Gasteiger partial charge in [-0.05, 0) is 48.7 Å². The molecule has 2 aromatic carbocycles. The lowest BCUT2D eigenvalue weighted by Crippen LogP contribution is -2.44. The molecule has 108 valence electrons. The molecule has 2 aromatic rings. The van der Waals surface area contributed by atoms with Crippen LogP contribution in [-0.4, -0.2) is 10.2 Å². The van der Waals surface area contributed by atoms with Gasteiger partial charge in [-0.15, -0.1) is 0 Å². The standard InChI is InChI=1S/C14H11F2N3S2/c15-10-7-4-8-11(16)12(10)19(13(17)20)14(21)18-9-5-2-1-3-6-9/h1-8H,(H2,17,20)(H,18,21). The summed E-state index contributed by atoms with van der Waals surface area (Å²) in [7, 11) is 0. The lowest BCUT2D eigenvalue weighted by Gasteiger charge is -2.24. The van der Waals surface area contributed by atoms with Crippen LogP contribution in [0.5, 0.6) is 0 Å². The fourth-order valence-corrected chi connectivity index (χ4v) is 2.26. The van der Waals surface area contributed by atoms with Gasteiger partial charge in [-0.25, -0.2) is 8.78 Å². The van der Waals surface area contributed by atoms with Gasteiger partial charge in [0.15, 0.2) is 10.2 Å². The largest absolute Gasteiger partial charge is 0.376 e. The number of nitrogens with zero attached hydrogens (tertiary/aromatic N) is 1. The third-order valence-electron chi connectivity index (χ3n) is 2.61. The molecule has 0 fully saturated rings. The summed E-state index contributed by atoms with van der Waals surface area (Å²) in [6.07, 6.45) is 0. The molecule has 0 saturated heterocycles. The predicted octanol–water partition coefficient (Wildman–Crippen LogP) is 3.41. The van der Waals surface area contributed by atoms with Crippen molar-refractivity contribution in [3.05, 3.63) is 60.2 Å². The first-order chi connectivity index (χ1) is 10.0. The number of hydrogen-bond donors (Lipinski definition) is 2. The Morgan fingerprint density at radius 2 is 1.52 bits per heavy atom. The van der Waals surface area contributed by atoms with Crippen LogP contribution < -0.4 is 16.0 Å². The van der Waals surface area contributed by atoms with E-state index in [0.29, 0.717) is 5.69 Å². The van der Waals surface area contributed by atoms with Gasteiger partial charge in [0, 0.05) is 5.69 Å². The van der Waals surface area contributed by atoms with Gasteiger partial charge in [-0.2, -0.15) is 0 Å². The molecule has 0 spiro atoms. The highest BCUT2D eigenvalue weighted by Gasteiger charge is 2.22. The van der Waals surface area contributed by atoms with Crippen molar-refractivity contribution < 1.29 is 8.78 Å². The number of thiocarbonyl (C=S) groups is 2. The molecule has 3 nitrogen and oxygen atoms in total. The Balaban J connectivity index is 2.36. The Bertz CT molecular complexity index is 657. The summed E-state index contributed by atoms with van der Waals surface area (Å²) in [6.45, 7) is 0. The topological polar surface area (TPSA) is 41.3 Å². The van der Waals surface area contributed by atoms with Crippen LogP contribution in [0, 0.1) is 11.6 Å². The molecule has 0 aliphatic carbocycles. The second-order valence-corrected chi connectivity index (χ2v) is 4.85. The van der Waals surface area contributed by atoms with Crippen molar-refractivity contribution in [1.82, 2.24) is 0 Å². The molecule has 0 aromatic heterocycles. The van der Waals surface area contributed by atoms with E-state index in [1.54, 1.807) is 24.3 Å². The number of benzene rings is 2. The molecule has 0 atom stereocenters. The van der Waals surface area contributed by atoms with Gasteiger partial charge in [0.05, 0.1) is 0 Å². The molecule has 0 aliphatic heterocycles. The summed E-state index contributed by atoms with van der Waals surface area (Å²) in [5, 5.41) is 2.56. The van der Waals surface area contributed by atoms with Gasteiger partial charge < -0.3 is 11.1 Å². The quantitative estimate of drug-likeness (QED) is 0.829. The van der Waals surface area contributed by atoms with E-state index in [-0.39, 0.29) is 10.2 Å². The minimum absolute atomic E-state index is 0.0160. The van der Waals surface area contributed by atoms with Crippen LogP contribution in [0.2, 0.25) is 0 Å².